The second-order valence-corrected chi connectivity index (χ2v) is 6.40. The lowest BCUT2D eigenvalue weighted by Crippen LogP contribution is -2.44. The molecule has 3 rings (SSSR count). The first-order chi connectivity index (χ1) is 7.84. The molecule has 0 aromatic rings. The van der Waals surface area contributed by atoms with Crippen molar-refractivity contribution >= 4 is 0 Å². The molecule has 0 aliphatic heterocycles. The predicted molar refractivity (Wildman–Crippen MR) is 67.2 cm³/mol. The van der Waals surface area contributed by atoms with Crippen LogP contribution in [-0.2, 0) is 0 Å². The summed E-state index contributed by atoms with van der Waals surface area (Å²) in [5, 5.41) is 3.87. The van der Waals surface area contributed by atoms with Crippen LogP contribution < -0.4 is 11.1 Å². The largest absolute Gasteiger partial charge is 0.330 e. The van der Waals surface area contributed by atoms with Crippen molar-refractivity contribution < 1.29 is 0 Å². The highest BCUT2D eigenvalue weighted by atomic mass is 15.0. The number of nitrogens with two attached hydrogens (primary N) is 1. The van der Waals surface area contributed by atoms with E-state index in [1.54, 1.807) is 0 Å². The Morgan fingerprint density at radius 3 is 2.44 bits per heavy atom. The third-order valence-corrected chi connectivity index (χ3v) is 5.26. The Morgan fingerprint density at radius 2 is 1.81 bits per heavy atom. The van der Waals surface area contributed by atoms with Crippen LogP contribution in [0.3, 0.4) is 0 Å². The quantitative estimate of drug-likeness (QED) is 0.749. The minimum atomic E-state index is 0.731. The fourth-order valence-corrected chi connectivity index (χ4v) is 3.68. The first-order valence-electron chi connectivity index (χ1n) is 7.27. The molecule has 2 heteroatoms. The van der Waals surface area contributed by atoms with Crippen LogP contribution in [-0.4, -0.2) is 19.1 Å². The Balaban J connectivity index is 1.49. The van der Waals surface area contributed by atoms with Crippen molar-refractivity contribution in [1.82, 2.24) is 5.32 Å². The Labute approximate surface area is 99.4 Å². The van der Waals surface area contributed by atoms with E-state index >= 15 is 0 Å². The third-order valence-electron chi connectivity index (χ3n) is 5.26. The van der Waals surface area contributed by atoms with Crippen LogP contribution in [0.4, 0.5) is 0 Å². The minimum absolute atomic E-state index is 0.731. The van der Waals surface area contributed by atoms with E-state index in [1.165, 1.54) is 57.9 Å². The standard InChI is InChI=1S/C14H26N2/c15-9-11-3-1-2-4-13(11)16-10-14(7-8-14)12-5-6-12/h11-13,16H,1-10,15H2. The molecule has 0 heterocycles. The molecule has 16 heavy (non-hydrogen) atoms. The van der Waals surface area contributed by atoms with E-state index in [0.717, 1.165) is 29.8 Å². The second kappa shape index (κ2) is 4.30. The van der Waals surface area contributed by atoms with Crippen molar-refractivity contribution in [3.63, 3.8) is 0 Å². The van der Waals surface area contributed by atoms with Crippen molar-refractivity contribution in [2.45, 2.75) is 57.4 Å². The lowest BCUT2D eigenvalue weighted by atomic mass is 9.84. The van der Waals surface area contributed by atoms with Crippen LogP contribution in [0.5, 0.6) is 0 Å². The summed E-state index contributed by atoms with van der Waals surface area (Å²) in [4.78, 5) is 0. The Kier molecular flexibility index (Phi) is 2.97. The molecule has 3 aliphatic rings. The number of hydrogen-bond donors (Lipinski definition) is 2. The van der Waals surface area contributed by atoms with Gasteiger partial charge in [0.2, 0.25) is 0 Å². The van der Waals surface area contributed by atoms with E-state index in [1.807, 2.05) is 0 Å². The van der Waals surface area contributed by atoms with Gasteiger partial charge in [-0.2, -0.15) is 0 Å². The lowest BCUT2D eigenvalue weighted by molar-refractivity contribution is 0.246. The van der Waals surface area contributed by atoms with E-state index in [9.17, 15) is 0 Å². The Hall–Kier alpha value is -0.0800. The van der Waals surface area contributed by atoms with Crippen molar-refractivity contribution in [3.8, 4) is 0 Å². The first-order valence-corrected chi connectivity index (χ1v) is 7.27. The monoisotopic (exact) mass is 222 g/mol. The van der Waals surface area contributed by atoms with Crippen LogP contribution in [0.25, 0.3) is 0 Å². The van der Waals surface area contributed by atoms with Crippen molar-refractivity contribution in [3.05, 3.63) is 0 Å². The van der Waals surface area contributed by atoms with Crippen molar-refractivity contribution in [2.75, 3.05) is 13.1 Å². The molecule has 3 aliphatic carbocycles. The fraction of sp³-hybridized carbons (Fsp3) is 1.00. The maximum atomic E-state index is 5.88. The molecule has 0 radical (unpaired) electrons. The molecule has 0 saturated heterocycles. The number of hydrogen-bond acceptors (Lipinski definition) is 2. The molecule has 2 unspecified atom stereocenters. The van der Waals surface area contributed by atoms with Crippen LogP contribution in [0.15, 0.2) is 0 Å². The molecule has 3 fully saturated rings. The summed E-state index contributed by atoms with van der Waals surface area (Å²) in [6.45, 7) is 2.17. The molecule has 0 amide bonds. The summed E-state index contributed by atoms with van der Waals surface area (Å²) in [6.07, 6.45) is 11.5. The topological polar surface area (TPSA) is 38.0 Å². The van der Waals surface area contributed by atoms with Crippen LogP contribution in [0, 0.1) is 17.3 Å². The molecular formula is C14H26N2. The average Bonchev–Trinajstić information content (AvgIpc) is 3.17. The lowest BCUT2D eigenvalue weighted by Gasteiger charge is -2.33. The van der Waals surface area contributed by atoms with Crippen LogP contribution >= 0.6 is 0 Å². The van der Waals surface area contributed by atoms with E-state index in [4.69, 9.17) is 5.73 Å². The fourth-order valence-electron chi connectivity index (χ4n) is 3.68. The molecule has 0 bridgehead atoms. The van der Waals surface area contributed by atoms with E-state index in [0.29, 0.717) is 0 Å². The SMILES string of the molecule is NCC1CCCCC1NCC1(C2CC2)CC1. The molecule has 3 saturated carbocycles. The summed E-state index contributed by atoms with van der Waals surface area (Å²) < 4.78 is 0. The molecule has 2 nitrogen and oxygen atoms in total. The van der Waals surface area contributed by atoms with Gasteiger partial charge in [-0.3, -0.25) is 0 Å². The van der Waals surface area contributed by atoms with Gasteiger partial charge in [0.25, 0.3) is 0 Å². The van der Waals surface area contributed by atoms with Crippen LogP contribution in [0.1, 0.15) is 51.4 Å². The zero-order chi connectivity index (χ0) is 11.0. The highest BCUT2D eigenvalue weighted by molar-refractivity contribution is 5.05. The second-order valence-electron chi connectivity index (χ2n) is 6.40. The van der Waals surface area contributed by atoms with Crippen molar-refractivity contribution in [1.29, 1.82) is 0 Å². The zero-order valence-electron chi connectivity index (χ0n) is 10.4. The van der Waals surface area contributed by atoms with E-state index < -0.39 is 0 Å². The van der Waals surface area contributed by atoms with Gasteiger partial charge < -0.3 is 11.1 Å². The third kappa shape index (κ3) is 2.14. The van der Waals surface area contributed by atoms with Gasteiger partial charge in [0.05, 0.1) is 0 Å². The van der Waals surface area contributed by atoms with Gasteiger partial charge in [-0.05, 0) is 62.3 Å². The summed E-state index contributed by atoms with van der Waals surface area (Å²) >= 11 is 0. The number of rotatable bonds is 5. The molecule has 2 atom stereocenters. The van der Waals surface area contributed by atoms with Gasteiger partial charge in [-0.15, -0.1) is 0 Å². The minimum Gasteiger partial charge on any atom is -0.330 e. The predicted octanol–water partition coefficient (Wildman–Crippen LogP) is 2.28. The summed E-state index contributed by atoms with van der Waals surface area (Å²) in [7, 11) is 0. The summed E-state index contributed by atoms with van der Waals surface area (Å²) in [5.74, 6) is 1.84. The maximum absolute atomic E-state index is 5.88. The van der Waals surface area contributed by atoms with Gasteiger partial charge >= 0.3 is 0 Å². The van der Waals surface area contributed by atoms with Gasteiger partial charge in [0.15, 0.2) is 0 Å². The molecular weight excluding hydrogens is 196 g/mol. The summed E-state index contributed by atoms with van der Waals surface area (Å²) in [5.41, 5.74) is 6.63. The highest BCUT2D eigenvalue weighted by Crippen LogP contribution is 2.60. The first kappa shape index (κ1) is 11.0. The highest BCUT2D eigenvalue weighted by Gasteiger charge is 2.53. The van der Waals surface area contributed by atoms with E-state index in [2.05, 4.69) is 5.32 Å². The normalized spacial score (nSPS) is 37.3. The Morgan fingerprint density at radius 1 is 1.06 bits per heavy atom. The molecule has 0 aromatic heterocycles. The van der Waals surface area contributed by atoms with E-state index in [-0.39, 0.29) is 0 Å². The van der Waals surface area contributed by atoms with Gasteiger partial charge in [0, 0.05) is 12.6 Å². The molecule has 0 aromatic carbocycles. The maximum Gasteiger partial charge on any atom is 0.0108 e. The van der Waals surface area contributed by atoms with Crippen molar-refractivity contribution in [2.24, 2.45) is 23.0 Å². The number of nitrogens with one attached hydrogen (secondary N) is 1. The smallest absolute Gasteiger partial charge is 0.0108 e. The van der Waals surface area contributed by atoms with Crippen LogP contribution in [0.2, 0.25) is 0 Å². The van der Waals surface area contributed by atoms with Gasteiger partial charge in [-0.1, -0.05) is 12.8 Å². The van der Waals surface area contributed by atoms with Gasteiger partial charge in [0.1, 0.15) is 0 Å². The average molecular weight is 222 g/mol. The Bertz CT molecular complexity index is 243. The molecule has 92 valence electrons. The summed E-state index contributed by atoms with van der Waals surface area (Å²) in [6, 6.07) is 0.731. The molecule has 3 N–H and O–H groups in total. The molecule has 0 spiro atoms. The zero-order valence-corrected chi connectivity index (χ0v) is 10.4. The van der Waals surface area contributed by atoms with Gasteiger partial charge in [-0.25, -0.2) is 0 Å².